The summed E-state index contributed by atoms with van der Waals surface area (Å²) < 4.78 is 5.05. The van der Waals surface area contributed by atoms with E-state index in [1.54, 1.807) is 11.3 Å². The summed E-state index contributed by atoms with van der Waals surface area (Å²) in [5.74, 6) is 1.27. The minimum Gasteiger partial charge on any atom is -0.465 e. The first-order valence-electron chi connectivity index (χ1n) is 9.49. The fourth-order valence-corrected chi connectivity index (χ4v) is 4.83. The number of fused-ring (bicyclic) bond motifs is 3. The average molecular weight is 382 g/mol. The summed E-state index contributed by atoms with van der Waals surface area (Å²) in [6, 6.07) is 10.2. The van der Waals surface area contributed by atoms with Gasteiger partial charge in [0.1, 0.15) is 23.0 Å². The van der Waals surface area contributed by atoms with Crippen LogP contribution in [0, 0.1) is 0 Å². The van der Waals surface area contributed by atoms with Gasteiger partial charge >= 0.3 is 5.97 Å². The van der Waals surface area contributed by atoms with Crippen LogP contribution >= 0.6 is 11.3 Å². The van der Waals surface area contributed by atoms with Crippen LogP contribution in [0.1, 0.15) is 41.6 Å². The molecule has 0 unspecified atom stereocenters. The van der Waals surface area contributed by atoms with Crippen molar-refractivity contribution in [1.82, 2.24) is 9.97 Å². The molecule has 0 amide bonds. The van der Waals surface area contributed by atoms with E-state index in [1.807, 2.05) is 25.1 Å². The second kappa shape index (κ2) is 8.05. The summed E-state index contributed by atoms with van der Waals surface area (Å²) in [7, 11) is 0. The lowest BCUT2D eigenvalue weighted by molar-refractivity contribution is -0.140. The number of aromatic nitrogens is 2. The Kier molecular flexibility index (Phi) is 5.34. The molecule has 0 atom stereocenters. The smallest absolute Gasteiger partial charge is 0.325 e. The highest BCUT2D eigenvalue weighted by Crippen LogP contribution is 2.38. The second-order valence-electron chi connectivity index (χ2n) is 6.70. The molecule has 1 aliphatic rings. The van der Waals surface area contributed by atoms with Crippen molar-refractivity contribution in [2.24, 2.45) is 0 Å². The van der Waals surface area contributed by atoms with Gasteiger partial charge in [-0.1, -0.05) is 30.3 Å². The zero-order chi connectivity index (χ0) is 18.6. The number of carbonyl (C=O) groups is 1. The molecule has 0 bridgehead atoms. The summed E-state index contributed by atoms with van der Waals surface area (Å²) in [4.78, 5) is 23.9. The van der Waals surface area contributed by atoms with Crippen LogP contribution in [-0.4, -0.2) is 29.1 Å². The summed E-state index contributed by atoms with van der Waals surface area (Å²) in [5.41, 5.74) is 2.54. The van der Waals surface area contributed by atoms with Crippen LogP contribution in [0.25, 0.3) is 10.2 Å². The van der Waals surface area contributed by atoms with Crippen molar-refractivity contribution in [1.29, 1.82) is 0 Å². The summed E-state index contributed by atoms with van der Waals surface area (Å²) in [5, 5.41) is 4.31. The molecule has 2 aromatic heterocycles. The van der Waals surface area contributed by atoms with Crippen LogP contribution in [0.5, 0.6) is 0 Å². The van der Waals surface area contributed by atoms with Crippen molar-refractivity contribution in [2.75, 3.05) is 18.5 Å². The number of aryl methyl sites for hydroxylation is 2. The van der Waals surface area contributed by atoms with E-state index in [4.69, 9.17) is 14.7 Å². The van der Waals surface area contributed by atoms with Crippen molar-refractivity contribution in [3.05, 3.63) is 52.2 Å². The largest absolute Gasteiger partial charge is 0.465 e. The van der Waals surface area contributed by atoms with Gasteiger partial charge in [-0.15, -0.1) is 11.3 Å². The fourth-order valence-electron chi connectivity index (χ4n) is 3.55. The Hall–Kier alpha value is -2.47. The van der Waals surface area contributed by atoms with Crippen molar-refractivity contribution < 1.29 is 9.53 Å². The molecule has 1 aromatic carbocycles. The van der Waals surface area contributed by atoms with Gasteiger partial charge in [-0.2, -0.15) is 0 Å². The highest BCUT2D eigenvalue weighted by molar-refractivity contribution is 7.19. The van der Waals surface area contributed by atoms with Crippen LogP contribution in [0.3, 0.4) is 0 Å². The van der Waals surface area contributed by atoms with Gasteiger partial charge in [-0.3, -0.25) is 4.79 Å². The Morgan fingerprint density at radius 1 is 1.19 bits per heavy atom. The first-order valence-corrected chi connectivity index (χ1v) is 10.3. The molecule has 0 radical (unpaired) electrons. The monoisotopic (exact) mass is 381 g/mol. The predicted octanol–water partition coefficient (Wildman–Crippen LogP) is 4.14. The molecule has 1 aliphatic carbocycles. The van der Waals surface area contributed by atoms with E-state index in [0.29, 0.717) is 13.0 Å². The molecule has 0 aliphatic heterocycles. The number of ether oxygens (including phenoxy) is 1. The van der Waals surface area contributed by atoms with E-state index in [9.17, 15) is 4.79 Å². The number of rotatable bonds is 6. The first-order chi connectivity index (χ1) is 13.2. The number of nitrogens with zero attached hydrogens (tertiary/aromatic N) is 2. The maximum absolute atomic E-state index is 11.8. The van der Waals surface area contributed by atoms with Gasteiger partial charge in [0.25, 0.3) is 0 Å². The van der Waals surface area contributed by atoms with E-state index >= 15 is 0 Å². The maximum Gasteiger partial charge on any atom is 0.325 e. The van der Waals surface area contributed by atoms with Crippen molar-refractivity contribution >= 4 is 33.3 Å². The minimum absolute atomic E-state index is 0.120. The van der Waals surface area contributed by atoms with Crippen LogP contribution in [0.4, 0.5) is 5.82 Å². The Morgan fingerprint density at radius 2 is 2.00 bits per heavy atom. The predicted molar refractivity (Wildman–Crippen MR) is 108 cm³/mol. The van der Waals surface area contributed by atoms with Gasteiger partial charge in [-0.25, -0.2) is 9.97 Å². The number of hydrogen-bond acceptors (Lipinski definition) is 6. The Bertz CT molecular complexity index is 953. The molecule has 5 nitrogen and oxygen atoms in total. The average Bonchev–Trinajstić information content (AvgIpc) is 3.05. The molecule has 1 N–H and O–H groups in total. The second-order valence-corrected chi connectivity index (χ2v) is 7.78. The molecular weight excluding hydrogens is 358 g/mol. The maximum atomic E-state index is 11.8. The van der Waals surface area contributed by atoms with E-state index in [1.165, 1.54) is 28.8 Å². The zero-order valence-electron chi connectivity index (χ0n) is 15.5. The number of esters is 1. The number of anilines is 1. The third-order valence-electron chi connectivity index (χ3n) is 4.77. The zero-order valence-corrected chi connectivity index (χ0v) is 16.3. The Labute approximate surface area is 162 Å². The number of nitrogens with one attached hydrogen (secondary N) is 1. The summed E-state index contributed by atoms with van der Waals surface area (Å²) in [6.45, 7) is 2.32. The van der Waals surface area contributed by atoms with E-state index in [-0.39, 0.29) is 12.5 Å². The number of thiophene rings is 1. The Morgan fingerprint density at radius 3 is 2.81 bits per heavy atom. The topological polar surface area (TPSA) is 64.1 Å². The third-order valence-corrected chi connectivity index (χ3v) is 5.96. The number of benzene rings is 1. The van der Waals surface area contributed by atoms with Crippen LogP contribution < -0.4 is 5.32 Å². The quantitative estimate of drug-likeness (QED) is 0.650. The van der Waals surface area contributed by atoms with E-state index < -0.39 is 0 Å². The fraction of sp³-hybridized carbons (Fsp3) is 0.381. The van der Waals surface area contributed by atoms with Crippen molar-refractivity contribution in [3.63, 3.8) is 0 Å². The lowest BCUT2D eigenvalue weighted by Crippen LogP contribution is -2.18. The molecule has 0 fully saturated rings. The molecule has 140 valence electrons. The lowest BCUT2D eigenvalue weighted by Gasteiger charge is -2.13. The molecular formula is C21H23N3O2S. The van der Waals surface area contributed by atoms with E-state index in [0.717, 1.165) is 34.7 Å². The molecule has 0 saturated heterocycles. The van der Waals surface area contributed by atoms with Gasteiger partial charge < -0.3 is 10.1 Å². The van der Waals surface area contributed by atoms with E-state index in [2.05, 4.69) is 17.4 Å². The first kappa shape index (κ1) is 17.9. The molecule has 4 rings (SSSR count). The third kappa shape index (κ3) is 3.95. The molecule has 3 aromatic rings. The van der Waals surface area contributed by atoms with Gasteiger partial charge in [0, 0.05) is 11.3 Å². The standard InChI is InChI=1S/C21H23N3O2S/c1-2-26-18(25)13-22-20-19-15-10-6-7-11-16(15)27-21(19)24-17(23-20)12-14-8-4-3-5-9-14/h3-5,8-9H,2,6-7,10-13H2,1H3,(H,22,23,24). The van der Waals surface area contributed by atoms with Crippen molar-refractivity contribution in [3.8, 4) is 0 Å². The Balaban J connectivity index is 1.71. The summed E-state index contributed by atoms with van der Waals surface area (Å²) >= 11 is 1.78. The molecule has 0 saturated carbocycles. The minimum atomic E-state index is -0.266. The highest BCUT2D eigenvalue weighted by Gasteiger charge is 2.21. The number of carbonyl (C=O) groups excluding carboxylic acids is 1. The molecule has 0 spiro atoms. The molecule has 2 heterocycles. The van der Waals surface area contributed by atoms with Crippen LogP contribution in [0.15, 0.2) is 30.3 Å². The van der Waals surface area contributed by atoms with Crippen molar-refractivity contribution in [2.45, 2.75) is 39.0 Å². The van der Waals surface area contributed by atoms with Gasteiger partial charge in [0.2, 0.25) is 0 Å². The highest BCUT2D eigenvalue weighted by atomic mass is 32.1. The van der Waals surface area contributed by atoms with Gasteiger partial charge in [-0.05, 0) is 43.7 Å². The normalized spacial score (nSPS) is 13.4. The van der Waals surface area contributed by atoms with Gasteiger partial charge in [0.15, 0.2) is 0 Å². The SMILES string of the molecule is CCOC(=O)CNc1nc(Cc2ccccc2)nc2sc3c(c12)CCCC3. The number of hydrogen-bond donors (Lipinski definition) is 1. The lowest BCUT2D eigenvalue weighted by atomic mass is 9.97. The molecule has 6 heteroatoms. The van der Waals surface area contributed by atoms with Crippen LogP contribution in [-0.2, 0) is 28.8 Å². The molecule has 27 heavy (non-hydrogen) atoms. The van der Waals surface area contributed by atoms with Crippen LogP contribution in [0.2, 0.25) is 0 Å². The summed E-state index contributed by atoms with van der Waals surface area (Å²) in [6.07, 6.45) is 5.28. The van der Waals surface area contributed by atoms with Gasteiger partial charge in [0.05, 0.1) is 12.0 Å².